The van der Waals surface area contributed by atoms with E-state index in [1.807, 2.05) is 0 Å². The summed E-state index contributed by atoms with van der Waals surface area (Å²) in [6, 6.07) is 9.00. The van der Waals surface area contributed by atoms with Gasteiger partial charge in [0, 0.05) is 19.2 Å². The van der Waals surface area contributed by atoms with Crippen LogP contribution < -0.4 is 11.1 Å². The molecule has 0 fully saturated rings. The van der Waals surface area contributed by atoms with Crippen molar-refractivity contribution in [1.29, 1.82) is 0 Å². The molecule has 0 saturated carbocycles. The molecule has 0 radical (unpaired) electrons. The zero-order valence-corrected chi connectivity index (χ0v) is 12.7. The third-order valence-electron chi connectivity index (χ3n) is 4.81. The van der Waals surface area contributed by atoms with Crippen molar-refractivity contribution >= 4 is 0 Å². The van der Waals surface area contributed by atoms with Gasteiger partial charge in [0.2, 0.25) is 0 Å². The summed E-state index contributed by atoms with van der Waals surface area (Å²) in [5, 5.41) is 13.0. The van der Waals surface area contributed by atoms with E-state index in [1.165, 1.54) is 11.1 Å². The highest BCUT2D eigenvalue weighted by Gasteiger charge is 2.38. The predicted molar refractivity (Wildman–Crippen MR) is 83.7 cm³/mol. The number of rotatable bonds is 6. The van der Waals surface area contributed by atoms with Gasteiger partial charge in [-0.2, -0.15) is 0 Å². The summed E-state index contributed by atoms with van der Waals surface area (Å²) in [5.74, 6) is 0.602. The van der Waals surface area contributed by atoms with Crippen LogP contribution in [0.3, 0.4) is 0 Å². The minimum absolute atomic E-state index is 0.126. The first-order valence-electron chi connectivity index (χ1n) is 7.85. The Bertz CT molecular complexity index is 435. The van der Waals surface area contributed by atoms with Gasteiger partial charge in [0.25, 0.3) is 0 Å². The smallest absolute Gasteiger partial charge is 0.0563 e. The number of hydrogen-bond acceptors (Lipinski definition) is 3. The molecule has 3 nitrogen and oxygen atoms in total. The summed E-state index contributed by atoms with van der Waals surface area (Å²) in [7, 11) is 0. The van der Waals surface area contributed by atoms with Crippen LogP contribution >= 0.6 is 0 Å². The quantitative estimate of drug-likeness (QED) is 0.748. The van der Waals surface area contributed by atoms with Gasteiger partial charge in [-0.3, -0.25) is 0 Å². The lowest BCUT2D eigenvalue weighted by atomic mass is 9.72. The molecule has 1 aromatic carbocycles. The molecule has 0 aromatic heterocycles. The number of nitrogens with one attached hydrogen (secondary N) is 1. The molecule has 20 heavy (non-hydrogen) atoms. The van der Waals surface area contributed by atoms with Gasteiger partial charge in [0.15, 0.2) is 0 Å². The molecule has 0 bridgehead atoms. The predicted octanol–water partition coefficient (Wildman–Crippen LogP) is 2.49. The normalized spacial score (nSPS) is 27.1. The molecule has 0 spiro atoms. The molecule has 2 rings (SSSR count). The zero-order valence-electron chi connectivity index (χ0n) is 12.7. The van der Waals surface area contributed by atoms with Crippen LogP contribution in [-0.2, 0) is 5.54 Å². The number of aliphatic hydroxyl groups is 1. The third-order valence-corrected chi connectivity index (χ3v) is 4.81. The first-order chi connectivity index (χ1) is 9.66. The van der Waals surface area contributed by atoms with E-state index in [0.29, 0.717) is 18.5 Å². The van der Waals surface area contributed by atoms with Crippen LogP contribution in [-0.4, -0.2) is 24.3 Å². The summed E-state index contributed by atoms with van der Waals surface area (Å²) in [6.45, 7) is 5.29. The largest absolute Gasteiger partial charge is 0.396 e. The fourth-order valence-electron chi connectivity index (χ4n) is 3.46. The number of nitrogens with two attached hydrogens (primary N) is 1. The SMILES string of the molecule is CCC(CCO)NC1(CN)CCC(C)c2ccccc21. The lowest BCUT2D eigenvalue weighted by molar-refractivity contribution is 0.206. The van der Waals surface area contributed by atoms with Crippen molar-refractivity contribution < 1.29 is 5.11 Å². The highest BCUT2D eigenvalue weighted by Crippen LogP contribution is 2.41. The Balaban J connectivity index is 2.33. The molecule has 1 aromatic rings. The highest BCUT2D eigenvalue weighted by atomic mass is 16.3. The Kier molecular flexibility index (Phi) is 5.19. The van der Waals surface area contributed by atoms with E-state index in [2.05, 4.69) is 43.4 Å². The Morgan fingerprint density at radius 3 is 2.85 bits per heavy atom. The van der Waals surface area contributed by atoms with Crippen LogP contribution in [0.2, 0.25) is 0 Å². The first-order valence-corrected chi connectivity index (χ1v) is 7.85. The zero-order chi connectivity index (χ0) is 14.6. The fourth-order valence-corrected chi connectivity index (χ4v) is 3.46. The van der Waals surface area contributed by atoms with Crippen molar-refractivity contribution in [3.63, 3.8) is 0 Å². The Hall–Kier alpha value is -0.900. The van der Waals surface area contributed by atoms with Crippen LogP contribution in [0.4, 0.5) is 0 Å². The van der Waals surface area contributed by atoms with Gasteiger partial charge in [0.05, 0.1) is 5.54 Å². The molecule has 3 atom stereocenters. The monoisotopic (exact) mass is 276 g/mol. The fraction of sp³-hybridized carbons (Fsp3) is 0.647. The van der Waals surface area contributed by atoms with Gasteiger partial charge in [-0.25, -0.2) is 0 Å². The topological polar surface area (TPSA) is 58.3 Å². The standard InChI is InChI=1S/C17H28N2O/c1-3-14(9-11-20)19-17(12-18)10-8-13(2)15-6-4-5-7-16(15)17/h4-7,13-14,19-20H,3,8-12,18H2,1-2H3. The summed E-state index contributed by atoms with van der Waals surface area (Å²) >= 11 is 0. The van der Waals surface area contributed by atoms with Crippen LogP contribution in [0, 0.1) is 0 Å². The Morgan fingerprint density at radius 1 is 1.45 bits per heavy atom. The lowest BCUT2D eigenvalue weighted by Crippen LogP contribution is -2.54. The summed E-state index contributed by atoms with van der Waals surface area (Å²) < 4.78 is 0. The number of benzene rings is 1. The number of aliphatic hydroxyl groups excluding tert-OH is 1. The Morgan fingerprint density at radius 2 is 2.20 bits per heavy atom. The summed E-state index contributed by atoms with van der Waals surface area (Å²) in [4.78, 5) is 0. The molecule has 1 aliphatic carbocycles. The summed E-state index contributed by atoms with van der Waals surface area (Å²) in [5.41, 5.74) is 8.83. The number of hydrogen-bond donors (Lipinski definition) is 3. The molecule has 3 heteroatoms. The maximum atomic E-state index is 9.22. The van der Waals surface area contributed by atoms with E-state index in [1.54, 1.807) is 0 Å². The second-order valence-corrected chi connectivity index (χ2v) is 6.07. The van der Waals surface area contributed by atoms with Crippen molar-refractivity contribution in [2.75, 3.05) is 13.2 Å². The van der Waals surface area contributed by atoms with Crippen molar-refractivity contribution in [2.45, 2.75) is 57.0 Å². The first kappa shape index (κ1) is 15.5. The molecule has 0 heterocycles. The van der Waals surface area contributed by atoms with E-state index in [4.69, 9.17) is 5.73 Å². The van der Waals surface area contributed by atoms with E-state index >= 15 is 0 Å². The van der Waals surface area contributed by atoms with Crippen LogP contribution in [0.25, 0.3) is 0 Å². The maximum Gasteiger partial charge on any atom is 0.0563 e. The molecule has 3 unspecified atom stereocenters. The van der Waals surface area contributed by atoms with Gasteiger partial charge in [-0.15, -0.1) is 0 Å². The van der Waals surface area contributed by atoms with Crippen molar-refractivity contribution in [3.05, 3.63) is 35.4 Å². The van der Waals surface area contributed by atoms with Gasteiger partial charge in [0.1, 0.15) is 0 Å². The van der Waals surface area contributed by atoms with Crippen molar-refractivity contribution in [2.24, 2.45) is 5.73 Å². The second kappa shape index (κ2) is 6.70. The third kappa shape index (κ3) is 2.90. The molecule has 0 aliphatic heterocycles. The van der Waals surface area contributed by atoms with E-state index in [9.17, 15) is 5.11 Å². The maximum absolute atomic E-state index is 9.22. The van der Waals surface area contributed by atoms with Gasteiger partial charge < -0.3 is 16.2 Å². The van der Waals surface area contributed by atoms with E-state index < -0.39 is 0 Å². The lowest BCUT2D eigenvalue weighted by Gasteiger charge is -2.43. The number of fused-ring (bicyclic) bond motifs is 1. The van der Waals surface area contributed by atoms with Gasteiger partial charge in [-0.1, -0.05) is 38.1 Å². The molecule has 4 N–H and O–H groups in total. The van der Waals surface area contributed by atoms with Crippen LogP contribution in [0.1, 0.15) is 56.6 Å². The highest BCUT2D eigenvalue weighted by molar-refractivity contribution is 5.39. The minimum atomic E-state index is -0.126. The average Bonchev–Trinajstić information content (AvgIpc) is 2.50. The average molecular weight is 276 g/mol. The van der Waals surface area contributed by atoms with E-state index in [0.717, 1.165) is 25.7 Å². The van der Waals surface area contributed by atoms with Crippen molar-refractivity contribution in [1.82, 2.24) is 5.32 Å². The molecule has 0 amide bonds. The van der Waals surface area contributed by atoms with Crippen molar-refractivity contribution in [3.8, 4) is 0 Å². The van der Waals surface area contributed by atoms with Crippen LogP contribution in [0.15, 0.2) is 24.3 Å². The minimum Gasteiger partial charge on any atom is -0.396 e. The van der Waals surface area contributed by atoms with Crippen LogP contribution in [0.5, 0.6) is 0 Å². The second-order valence-electron chi connectivity index (χ2n) is 6.07. The molecule has 112 valence electrons. The van der Waals surface area contributed by atoms with Gasteiger partial charge >= 0.3 is 0 Å². The van der Waals surface area contributed by atoms with E-state index in [-0.39, 0.29) is 12.1 Å². The molecular formula is C17H28N2O. The summed E-state index contributed by atoms with van der Waals surface area (Å²) in [6.07, 6.45) is 4.04. The Labute approximate surface area is 122 Å². The van der Waals surface area contributed by atoms with Gasteiger partial charge in [-0.05, 0) is 42.7 Å². The molecule has 1 aliphatic rings. The molecule has 0 saturated heterocycles. The molecular weight excluding hydrogens is 248 g/mol.